The van der Waals surface area contributed by atoms with Gasteiger partial charge in [-0.2, -0.15) is 5.10 Å². The lowest BCUT2D eigenvalue weighted by atomic mass is 10.2. The molecule has 0 radical (unpaired) electrons. The summed E-state index contributed by atoms with van der Waals surface area (Å²) in [5.74, 6) is 0.0286. The van der Waals surface area contributed by atoms with E-state index in [4.69, 9.17) is 9.15 Å². The maximum Gasteiger partial charge on any atom is 0.306 e. The van der Waals surface area contributed by atoms with Gasteiger partial charge < -0.3 is 14.1 Å². The number of hydrogen-bond acceptors (Lipinski definition) is 8. The Bertz CT molecular complexity index is 1200. The predicted molar refractivity (Wildman–Crippen MR) is 126 cm³/mol. The molecule has 0 spiro atoms. The van der Waals surface area contributed by atoms with Crippen molar-refractivity contribution in [2.75, 3.05) is 13.2 Å². The van der Waals surface area contributed by atoms with Gasteiger partial charge in [0.05, 0.1) is 23.3 Å². The summed E-state index contributed by atoms with van der Waals surface area (Å²) >= 11 is 1.50. The van der Waals surface area contributed by atoms with Crippen molar-refractivity contribution in [1.82, 2.24) is 24.9 Å². The van der Waals surface area contributed by atoms with Crippen LogP contribution in [0.25, 0.3) is 16.5 Å². The largest absolute Gasteiger partial charge is 0.456 e. The highest BCUT2D eigenvalue weighted by Gasteiger charge is 2.19. The summed E-state index contributed by atoms with van der Waals surface area (Å²) in [6.07, 6.45) is 4.99. The van der Waals surface area contributed by atoms with E-state index in [1.165, 1.54) is 11.3 Å². The molecule has 3 aromatic heterocycles. The van der Waals surface area contributed by atoms with Crippen LogP contribution in [0.15, 0.2) is 64.7 Å². The second kappa shape index (κ2) is 11.4. The molecule has 0 aliphatic heterocycles. The second-order valence-electron chi connectivity index (χ2n) is 7.58. The van der Waals surface area contributed by atoms with E-state index in [1.807, 2.05) is 61.0 Å². The summed E-state index contributed by atoms with van der Waals surface area (Å²) in [7, 11) is 0. The van der Waals surface area contributed by atoms with Gasteiger partial charge in [0.1, 0.15) is 0 Å². The summed E-state index contributed by atoms with van der Waals surface area (Å²) in [4.78, 5) is 27.3. The molecule has 1 amide bonds. The average molecular weight is 480 g/mol. The molecule has 0 aliphatic rings. The van der Waals surface area contributed by atoms with Gasteiger partial charge in [-0.05, 0) is 42.0 Å². The normalized spacial score (nSPS) is 10.9. The molecule has 10 heteroatoms. The van der Waals surface area contributed by atoms with E-state index >= 15 is 0 Å². The Kier molecular flexibility index (Phi) is 7.82. The van der Waals surface area contributed by atoms with Crippen LogP contribution in [0.4, 0.5) is 0 Å². The number of esters is 1. The van der Waals surface area contributed by atoms with E-state index in [9.17, 15) is 9.59 Å². The van der Waals surface area contributed by atoms with Crippen LogP contribution in [0.1, 0.15) is 31.2 Å². The second-order valence-corrected chi connectivity index (χ2v) is 8.53. The van der Waals surface area contributed by atoms with Gasteiger partial charge in [-0.25, -0.2) is 4.68 Å². The summed E-state index contributed by atoms with van der Waals surface area (Å²) in [6.45, 7) is 2.30. The van der Waals surface area contributed by atoms with E-state index in [0.717, 1.165) is 22.5 Å². The molecule has 4 rings (SSSR count). The van der Waals surface area contributed by atoms with Gasteiger partial charge in [-0.3, -0.25) is 9.59 Å². The molecule has 3 heterocycles. The molecular formula is C24H25N5O4S. The molecule has 34 heavy (non-hydrogen) atoms. The van der Waals surface area contributed by atoms with Crippen LogP contribution < -0.4 is 0 Å². The third-order valence-electron chi connectivity index (χ3n) is 5.00. The maximum absolute atomic E-state index is 12.7. The Morgan fingerprint density at radius 3 is 2.76 bits per heavy atom. The van der Waals surface area contributed by atoms with Gasteiger partial charge >= 0.3 is 5.97 Å². The first-order chi connectivity index (χ1) is 16.6. The van der Waals surface area contributed by atoms with Gasteiger partial charge in [0.15, 0.2) is 6.61 Å². The standard InChI is InChI=1S/C24H25N5O4S/c1-2-12-28(16-21-26-27-24(33-21)20-9-6-13-34-20)22(30)17-32-23(31)11-10-18-14-25-29(15-18)19-7-4-3-5-8-19/h3-9,13-15H,2,10-12,16-17H2,1H3. The highest BCUT2D eigenvalue weighted by Crippen LogP contribution is 2.23. The lowest BCUT2D eigenvalue weighted by molar-refractivity contribution is -0.152. The Morgan fingerprint density at radius 1 is 1.15 bits per heavy atom. The Hall–Kier alpha value is -3.79. The van der Waals surface area contributed by atoms with Crippen molar-refractivity contribution >= 4 is 23.2 Å². The molecule has 0 bridgehead atoms. The highest BCUT2D eigenvalue weighted by atomic mass is 32.1. The van der Waals surface area contributed by atoms with Gasteiger partial charge in [0.2, 0.25) is 5.89 Å². The molecule has 1 aromatic carbocycles. The van der Waals surface area contributed by atoms with Crippen LogP contribution in [0, 0.1) is 0 Å². The molecule has 176 valence electrons. The Labute approximate surface area is 201 Å². The van der Waals surface area contributed by atoms with Crippen LogP contribution in [0.5, 0.6) is 0 Å². The van der Waals surface area contributed by atoms with E-state index in [-0.39, 0.29) is 25.5 Å². The zero-order chi connectivity index (χ0) is 23.8. The zero-order valence-electron chi connectivity index (χ0n) is 18.8. The first-order valence-corrected chi connectivity index (χ1v) is 11.9. The van der Waals surface area contributed by atoms with Crippen LogP contribution >= 0.6 is 11.3 Å². The number of nitrogens with zero attached hydrogens (tertiary/aromatic N) is 5. The maximum atomic E-state index is 12.7. The first-order valence-electron chi connectivity index (χ1n) is 11.0. The number of ether oxygens (including phenoxy) is 1. The number of thiophene rings is 1. The van der Waals surface area contributed by atoms with Crippen LogP contribution in [-0.4, -0.2) is 49.9 Å². The lowest BCUT2D eigenvalue weighted by Gasteiger charge is -2.20. The van der Waals surface area contributed by atoms with Gasteiger partial charge in [-0.1, -0.05) is 31.2 Å². The van der Waals surface area contributed by atoms with E-state index in [2.05, 4.69) is 15.3 Å². The van der Waals surface area contributed by atoms with Crippen molar-refractivity contribution in [1.29, 1.82) is 0 Å². The topological polar surface area (TPSA) is 103 Å². The fraction of sp³-hybridized carbons (Fsp3) is 0.292. The zero-order valence-corrected chi connectivity index (χ0v) is 19.6. The quantitative estimate of drug-likeness (QED) is 0.301. The lowest BCUT2D eigenvalue weighted by Crippen LogP contribution is -2.35. The number of rotatable bonds is 11. The number of para-hydroxylation sites is 1. The molecule has 4 aromatic rings. The number of amides is 1. The minimum atomic E-state index is -0.435. The number of hydrogen-bond donors (Lipinski definition) is 0. The van der Waals surface area contributed by atoms with Crippen LogP contribution in [-0.2, 0) is 27.3 Å². The molecule has 0 fully saturated rings. The van der Waals surface area contributed by atoms with Gasteiger partial charge in [0, 0.05) is 19.2 Å². The number of carbonyl (C=O) groups excluding carboxylic acids is 2. The fourth-order valence-electron chi connectivity index (χ4n) is 3.31. The molecule has 9 nitrogen and oxygen atoms in total. The average Bonchev–Trinajstić information content (AvgIpc) is 3.63. The first kappa shape index (κ1) is 23.4. The molecule has 0 atom stereocenters. The molecule has 0 N–H and O–H groups in total. The summed E-state index contributed by atoms with van der Waals surface area (Å²) < 4.78 is 12.7. The number of carbonyl (C=O) groups is 2. The SMILES string of the molecule is CCCN(Cc1nnc(-c2cccs2)o1)C(=O)COC(=O)CCc1cnn(-c2ccccc2)c1. The van der Waals surface area contributed by atoms with Crippen molar-refractivity contribution in [2.24, 2.45) is 0 Å². The van der Waals surface area contributed by atoms with Gasteiger partial charge in [-0.15, -0.1) is 21.5 Å². The number of aryl methyl sites for hydroxylation is 1. The highest BCUT2D eigenvalue weighted by molar-refractivity contribution is 7.13. The minimum absolute atomic E-state index is 0.162. The molecule has 0 saturated heterocycles. The summed E-state index contributed by atoms with van der Waals surface area (Å²) in [6, 6.07) is 13.5. The third kappa shape index (κ3) is 6.16. The molecule has 0 unspecified atom stereocenters. The van der Waals surface area contributed by atoms with Crippen LogP contribution in [0.3, 0.4) is 0 Å². The smallest absolute Gasteiger partial charge is 0.306 e. The van der Waals surface area contributed by atoms with Crippen LogP contribution in [0.2, 0.25) is 0 Å². The predicted octanol–water partition coefficient (Wildman–Crippen LogP) is 3.90. The fourth-order valence-corrected chi connectivity index (χ4v) is 3.95. The molecule has 0 saturated carbocycles. The molecule has 0 aliphatic carbocycles. The van der Waals surface area contributed by atoms with Crippen molar-refractivity contribution in [3.05, 3.63) is 71.7 Å². The Morgan fingerprint density at radius 2 is 2.00 bits per heavy atom. The van der Waals surface area contributed by atoms with E-state index < -0.39 is 5.97 Å². The van der Waals surface area contributed by atoms with Crippen molar-refractivity contribution < 1.29 is 18.7 Å². The molecular weight excluding hydrogens is 454 g/mol. The van der Waals surface area contributed by atoms with Crippen molar-refractivity contribution in [3.63, 3.8) is 0 Å². The Balaban J connectivity index is 1.25. The minimum Gasteiger partial charge on any atom is -0.456 e. The number of aromatic nitrogens is 4. The van der Waals surface area contributed by atoms with E-state index in [1.54, 1.807) is 15.8 Å². The van der Waals surface area contributed by atoms with E-state index in [0.29, 0.717) is 24.7 Å². The van der Waals surface area contributed by atoms with Crippen molar-refractivity contribution in [2.45, 2.75) is 32.7 Å². The monoisotopic (exact) mass is 479 g/mol. The third-order valence-corrected chi connectivity index (χ3v) is 5.86. The van der Waals surface area contributed by atoms with Crippen molar-refractivity contribution in [3.8, 4) is 16.5 Å². The summed E-state index contributed by atoms with van der Waals surface area (Å²) in [5.41, 5.74) is 1.86. The summed E-state index contributed by atoms with van der Waals surface area (Å²) in [5, 5.41) is 14.3. The van der Waals surface area contributed by atoms with Gasteiger partial charge in [0.25, 0.3) is 11.8 Å². The number of benzene rings is 1.